The normalized spacial score (nSPS) is 10.8. The molecule has 2 N–H and O–H groups in total. The van der Waals surface area contributed by atoms with E-state index in [9.17, 15) is 18.0 Å². The summed E-state index contributed by atoms with van der Waals surface area (Å²) in [7, 11) is -2.84. The highest BCUT2D eigenvalue weighted by Crippen LogP contribution is 2.21. The van der Waals surface area contributed by atoms with Crippen molar-refractivity contribution in [3.63, 3.8) is 0 Å². The molecule has 1 amide bonds. The lowest BCUT2D eigenvalue weighted by Gasteiger charge is -2.13. The molecule has 1 aromatic heterocycles. The molecule has 30 heavy (non-hydrogen) atoms. The third-order valence-electron chi connectivity index (χ3n) is 4.16. The molecule has 0 aliphatic carbocycles. The van der Waals surface area contributed by atoms with Crippen molar-refractivity contribution in [2.75, 3.05) is 11.8 Å². The van der Waals surface area contributed by atoms with Crippen molar-refractivity contribution < 1.29 is 22.7 Å². The van der Waals surface area contributed by atoms with Crippen LogP contribution in [0.2, 0.25) is 0 Å². The number of hydrogen-bond donors (Lipinski definition) is 2. The van der Waals surface area contributed by atoms with Crippen LogP contribution >= 0.6 is 0 Å². The summed E-state index contributed by atoms with van der Waals surface area (Å²) in [5.74, 6) is -1.09. The molecule has 1 heterocycles. The Balaban J connectivity index is 1.81. The number of esters is 1. The number of methoxy groups -OCH3 is 1. The van der Waals surface area contributed by atoms with Gasteiger partial charge in [-0.1, -0.05) is 24.3 Å². The summed E-state index contributed by atoms with van der Waals surface area (Å²) >= 11 is 0. The van der Waals surface area contributed by atoms with Gasteiger partial charge in [0.15, 0.2) is 0 Å². The van der Waals surface area contributed by atoms with Gasteiger partial charge < -0.3 is 10.1 Å². The van der Waals surface area contributed by atoms with Crippen molar-refractivity contribution in [3.8, 4) is 0 Å². The van der Waals surface area contributed by atoms with Crippen LogP contribution in [0.4, 0.5) is 5.69 Å². The highest BCUT2D eigenvalue weighted by atomic mass is 32.2. The Morgan fingerprint density at radius 3 is 2.57 bits per heavy atom. The molecule has 0 bridgehead atoms. The van der Waals surface area contributed by atoms with E-state index in [0.717, 1.165) is 5.56 Å². The van der Waals surface area contributed by atoms with Crippen LogP contribution in [-0.4, -0.2) is 32.4 Å². The molecule has 0 fully saturated rings. The van der Waals surface area contributed by atoms with Gasteiger partial charge in [-0.25, -0.2) is 13.2 Å². The quantitative estimate of drug-likeness (QED) is 0.563. The monoisotopic (exact) mass is 425 g/mol. The number of anilines is 1. The maximum absolute atomic E-state index is 12.8. The van der Waals surface area contributed by atoms with E-state index in [0.29, 0.717) is 0 Å². The molecule has 0 unspecified atom stereocenters. The smallest absolute Gasteiger partial charge is 0.337 e. The molecule has 0 spiro atoms. The highest BCUT2D eigenvalue weighted by molar-refractivity contribution is 7.92. The van der Waals surface area contributed by atoms with Gasteiger partial charge in [-0.05, 0) is 42.0 Å². The predicted molar refractivity (Wildman–Crippen MR) is 110 cm³/mol. The van der Waals surface area contributed by atoms with Crippen LogP contribution in [0.25, 0.3) is 0 Å². The Morgan fingerprint density at radius 2 is 1.83 bits per heavy atom. The summed E-state index contributed by atoms with van der Waals surface area (Å²) in [6.45, 7) is 0.245. The van der Waals surface area contributed by atoms with Crippen LogP contribution in [0.5, 0.6) is 0 Å². The molecular weight excluding hydrogens is 406 g/mol. The second-order valence-electron chi connectivity index (χ2n) is 6.21. The number of aromatic nitrogens is 1. The van der Waals surface area contributed by atoms with Crippen molar-refractivity contribution >= 4 is 27.6 Å². The zero-order chi connectivity index (χ0) is 21.6. The summed E-state index contributed by atoms with van der Waals surface area (Å²) in [5.41, 5.74) is 1.19. The zero-order valence-corrected chi connectivity index (χ0v) is 16.8. The van der Waals surface area contributed by atoms with Crippen LogP contribution in [0.3, 0.4) is 0 Å². The van der Waals surface area contributed by atoms with Gasteiger partial charge >= 0.3 is 5.97 Å². The van der Waals surface area contributed by atoms with Gasteiger partial charge in [-0.15, -0.1) is 0 Å². The van der Waals surface area contributed by atoms with E-state index < -0.39 is 21.9 Å². The van der Waals surface area contributed by atoms with E-state index in [1.807, 2.05) is 6.07 Å². The number of nitrogens with zero attached hydrogens (tertiary/aromatic N) is 1. The number of carbonyl (C=O) groups excluding carboxylic acids is 2. The number of benzene rings is 2. The first-order valence-electron chi connectivity index (χ1n) is 8.88. The Bertz CT molecular complexity index is 1160. The summed E-state index contributed by atoms with van der Waals surface area (Å²) in [5, 5.41) is 2.74. The minimum atomic E-state index is -4.05. The van der Waals surface area contributed by atoms with Crippen molar-refractivity contribution in [2.24, 2.45) is 0 Å². The van der Waals surface area contributed by atoms with E-state index in [1.165, 1.54) is 43.5 Å². The molecule has 0 aliphatic rings. The number of para-hydroxylation sites is 1. The Labute approximate surface area is 174 Å². The molecule has 154 valence electrons. The largest absolute Gasteiger partial charge is 0.465 e. The first kappa shape index (κ1) is 21.0. The molecule has 0 radical (unpaired) electrons. The van der Waals surface area contributed by atoms with E-state index in [2.05, 4.69) is 19.8 Å². The van der Waals surface area contributed by atoms with E-state index in [1.54, 1.807) is 30.6 Å². The highest BCUT2D eigenvalue weighted by Gasteiger charge is 2.20. The van der Waals surface area contributed by atoms with Gasteiger partial charge in [-0.2, -0.15) is 0 Å². The summed E-state index contributed by atoms with van der Waals surface area (Å²) in [6, 6.07) is 15.3. The van der Waals surface area contributed by atoms with Crippen LogP contribution in [0, 0.1) is 0 Å². The van der Waals surface area contributed by atoms with Crippen molar-refractivity contribution in [3.05, 3.63) is 89.7 Å². The third kappa shape index (κ3) is 5.00. The van der Waals surface area contributed by atoms with Crippen LogP contribution in [-0.2, 0) is 21.3 Å². The zero-order valence-electron chi connectivity index (χ0n) is 16.0. The lowest BCUT2D eigenvalue weighted by Crippen LogP contribution is -2.25. The summed E-state index contributed by atoms with van der Waals surface area (Å²) in [6.07, 6.45) is 3.26. The van der Waals surface area contributed by atoms with Crippen molar-refractivity contribution in [2.45, 2.75) is 11.4 Å². The SMILES string of the molecule is COC(=O)c1cccc(S(=O)(=O)Nc2ccccc2C(=O)NCc2cccnc2)c1. The fourth-order valence-corrected chi connectivity index (χ4v) is 3.79. The summed E-state index contributed by atoms with van der Waals surface area (Å²) in [4.78, 5) is 28.2. The first-order chi connectivity index (χ1) is 14.4. The number of rotatable bonds is 7. The average molecular weight is 425 g/mol. The molecule has 0 saturated heterocycles. The number of amides is 1. The lowest BCUT2D eigenvalue weighted by molar-refractivity contribution is 0.0600. The molecule has 2 aromatic carbocycles. The molecule has 3 rings (SSSR count). The Morgan fingerprint density at radius 1 is 1.03 bits per heavy atom. The lowest BCUT2D eigenvalue weighted by atomic mass is 10.1. The van der Waals surface area contributed by atoms with Crippen LogP contribution in [0.1, 0.15) is 26.3 Å². The summed E-state index contributed by atoms with van der Waals surface area (Å²) < 4.78 is 32.7. The maximum atomic E-state index is 12.8. The second-order valence-corrected chi connectivity index (χ2v) is 7.90. The molecule has 0 atom stereocenters. The van der Waals surface area contributed by atoms with Crippen LogP contribution < -0.4 is 10.0 Å². The van der Waals surface area contributed by atoms with E-state index in [4.69, 9.17) is 0 Å². The second kappa shape index (κ2) is 9.19. The van der Waals surface area contributed by atoms with E-state index >= 15 is 0 Å². The fraction of sp³-hybridized carbons (Fsp3) is 0.0952. The van der Waals surface area contributed by atoms with Crippen LogP contribution in [0.15, 0.2) is 78.0 Å². The van der Waals surface area contributed by atoms with Gasteiger partial charge in [0.05, 0.1) is 28.8 Å². The fourth-order valence-electron chi connectivity index (χ4n) is 2.66. The van der Waals surface area contributed by atoms with Gasteiger partial charge in [0.25, 0.3) is 15.9 Å². The predicted octanol–water partition coefficient (Wildman–Crippen LogP) is 2.60. The molecule has 0 aliphatic heterocycles. The number of pyridine rings is 1. The standard InChI is InChI=1S/C21H19N3O5S/c1-29-21(26)16-7-4-8-17(12-16)30(27,28)24-19-10-3-2-9-18(19)20(25)23-14-15-6-5-11-22-13-15/h2-13,24H,14H2,1H3,(H,23,25). The third-order valence-corrected chi connectivity index (χ3v) is 5.52. The molecule has 9 heteroatoms. The minimum absolute atomic E-state index is 0.0999. The van der Waals surface area contributed by atoms with Gasteiger partial charge in [0, 0.05) is 18.9 Å². The molecule has 8 nitrogen and oxygen atoms in total. The first-order valence-corrected chi connectivity index (χ1v) is 10.4. The Kier molecular flexibility index (Phi) is 6.43. The molecule has 0 saturated carbocycles. The molecule has 3 aromatic rings. The maximum Gasteiger partial charge on any atom is 0.337 e. The van der Waals surface area contributed by atoms with Gasteiger partial charge in [0.2, 0.25) is 0 Å². The van der Waals surface area contributed by atoms with E-state index in [-0.39, 0.29) is 28.3 Å². The number of nitrogens with one attached hydrogen (secondary N) is 2. The Hall–Kier alpha value is -3.72. The van der Waals surface area contributed by atoms with Gasteiger partial charge in [0.1, 0.15) is 0 Å². The number of sulfonamides is 1. The van der Waals surface area contributed by atoms with Crippen molar-refractivity contribution in [1.82, 2.24) is 10.3 Å². The minimum Gasteiger partial charge on any atom is -0.465 e. The number of hydrogen-bond acceptors (Lipinski definition) is 6. The average Bonchev–Trinajstić information content (AvgIpc) is 2.78. The van der Waals surface area contributed by atoms with Gasteiger partial charge in [-0.3, -0.25) is 14.5 Å². The van der Waals surface area contributed by atoms with Crippen molar-refractivity contribution in [1.29, 1.82) is 0 Å². The number of ether oxygens (including phenoxy) is 1. The molecular formula is C21H19N3O5S. The number of carbonyl (C=O) groups is 2. The topological polar surface area (TPSA) is 114 Å².